The highest BCUT2D eigenvalue weighted by molar-refractivity contribution is 5.57. The van der Waals surface area contributed by atoms with Crippen molar-refractivity contribution in [2.75, 3.05) is 0 Å². The second kappa shape index (κ2) is 4.85. The molecule has 0 heterocycles. The Hall–Kier alpha value is -0.990. The fourth-order valence-electron chi connectivity index (χ4n) is 0.368. The summed E-state index contributed by atoms with van der Waals surface area (Å²) < 4.78 is 4.15. The van der Waals surface area contributed by atoms with Gasteiger partial charge in [0.05, 0.1) is 6.26 Å². The average Bonchev–Trinajstić information content (AvgIpc) is 1.87. The molecule has 0 fully saturated rings. The molecule has 0 rings (SSSR count). The van der Waals surface area contributed by atoms with E-state index in [4.69, 9.17) is 5.11 Å². The van der Waals surface area contributed by atoms with Crippen molar-refractivity contribution in [2.45, 2.75) is 20.3 Å². The number of carboxylic acid groups (broad SMARTS) is 1. The fraction of sp³-hybridized carbons (Fsp3) is 0.571. The van der Waals surface area contributed by atoms with Crippen molar-refractivity contribution >= 4 is 6.16 Å². The molecule has 3 nitrogen and oxygen atoms in total. The summed E-state index contributed by atoms with van der Waals surface area (Å²) in [6.07, 6.45) is 2.64. The Labute approximate surface area is 60.3 Å². The highest BCUT2D eigenvalue weighted by Crippen LogP contribution is 2.01. The predicted octanol–water partition coefficient (Wildman–Crippen LogP) is 2.24. The molecule has 0 spiro atoms. The number of hydrogen-bond donors (Lipinski definition) is 1. The largest absolute Gasteiger partial charge is 0.510 e. The molecule has 0 saturated heterocycles. The van der Waals surface area contributed by atoms with Gasteiger partial charge in [-0.3, -0.25) is 0 Å². The minimum Gasteiger partial charge on any atom is -0.449 e. The second-order valence-corrected chi connectivity index (χ2v) is 2.10. The third-order valence-electron chi connectivity index (χ3n) is 1.22. The standard InChI is InChI=1S/C7H12O3/c1-3-6(2)4-5-10-7(8)9/h4-6H,3H2,1-2H3,(H,8,9). The number of carbonyl (C=O) groups is 1. The smallest absolute Gasteiger partial charge is 0.449 e. The van der Waals surface area contributed by atoms with Crippen molar-refractivity contribution in [3.63, 3.8) is 0 Å². The number of ether oxygens (including phenoxy) is 1. The third-order valence-corrected chi connectivity index (χ3v) is 1.22. The Bertz CT molecular complexity index is 129. The van der Waals surface area contributed by atoms with Gasteiger partial charge < -0.3 is 9.84 Å². The van der Waals surface area contributed by atoms with Gasteiger partial charge in [-0.05, 0) is 18.4 Å². The van der Waals surface area contributed by atoms with Crippen molar-refractivity contribution in [1.29, 1.82) is 0 Å². The molecule has 0 bridgehead atoms. The lowest BCUT2D eigenvalue weighted by Crippen LogP contribution is -1.93. The summed E-state index contributed by atoms with van der Waals surface area (Å²) in [5.74, 6) is 0.374. The highest BCUT2D eigenvalue weighted by atomic mass is 16.7. The van der Waals surface area contributed by atoms with Crippen LogP contribution in [0.25, 0.3) is 0 Å². The molecule has 10 heavy (non-hydrogen) atoms. The number of hydrogen-bond acceptors (Lipinski definition) is 2. The zero-order chi connectivity index (χ0) is 7.98. The zero-order valence-electron chi connectivity index (χ0n) is 6.20. The van der Waals surface area contributed by atoms with Gasteiger partial charge >= 0.3 is 6.16 Å². The summed E-state index contributed by atoms with van der Waals surface area (Å²) in [6.45, 7) is 4.01. The first-order chi connectivity index (χ1) is 4.66. The van der Waals surface area contributed by atoms with E-state index in [1.165, 1.54) is 6.26 Å². The first-order valence-corrected chi connectivity index (χ1v) is 3.23. The Morgan fingerprint density at radius 2 is 2.40 bits per heavy atom. The van der Waals surface area contributed by atoms with Crippen molar-refractivity contribution in [1.82, 2.24) is 0 Å². The Balaban J connectivity index is 3.45. The predicted molar refractivity (Wildman–Crippen MR) is 37.7 cm³/mol. The lowest BCUT2D eigenvalue weighted by molar-refractivity contribution is 0.127. The van der Waals surface area contributed by atoms with Crippen molar-refractivity contribution in [2.24, 2.45) is 5.92 Å². The summed E-state index contributed by atoms with van der Waals surface area (Å²) in [6, 6.07) is 0. The summed E-state index contributed by atoms with van der Waals surface area (Å²) >= 11 is 0. The summed E-state index contributed by atoms with van der Waals surface area (Å²) in [5, 5.41) is 8.03. The fourth-order valence-corrected chi connectivity index (χ4v) is 0.368. The molecule has 0 radical (unpaired) electrons. The molecule has 3 heteroatoms. The maximum Gasteiger partial charge on any atom is 0.510 e. The van der Waals surface area contributed by atoms with Crippen LogP contribution in [0.1, 0.15) is 20.3 Å². The molecule has 0 amide bonds. The topological polar surface area (TPSA) is 46.5 Å². The van der Waals surface area contributed by atoms with Gasteiger partial charge in [0.1, 0.15) is 0 Å². The van der Waals surface area contributed by atoms with Gasteiger partial charge in [-0.15, -0.1) is 0 Å². The van der Waals surface area contributed by atoms with Gasteiger partial charge in [0, 0.05) is 0 Å². The van der Waals surface area contributed by atoms with E-state index in [1.807, 2.05) is 13.8 Å². The van der Waals surface area contributed by atoms with E-state index < -0.39 is 6.16 Å². The number of allylic oxidation sites excluding steroid dienone is 1. The third kappa shape index (κ3) is 5.15. The molecule has 0 aromatic rings. The van der Waals surface area contributed by atoms with Crippen LogP contribution in [0.15, 0.2) is 12.3 Å². The van der Waals surface area contributed by atoms with Gasteiger partial charge in [-0.2, -0.15) is 0 Å². The van der Waals surface area contributed by atoms with E-state index in [9.17, 15) is 4.79 Å². The molecule has 0 aromatic heterocycles. The van der Waals surface area contributed by atoms with Gasteiger partial charge in [0.15, 0.2) is 0 Å². The molecule has 0 saturated carbocycles. The molecule has 0 aromatic carbocycles. The van der Waals surface area contributed by atoms with Crippen molar-refractivity contribution < 1.29 is 14.6 Å². The minimum absolute atomic E-state index is 0.374. The van der Waals surface area contributed by atoms with Crippen LogP contribution in [0.5, 0.6) is 0 Å². The molecule has 1 N–H and O–H groups in total. The summed E-state index contributed by atoms with van der Waals surface area (Å²) in [7, 11) is 0. The first kappa shape index (κ1) is 9.01. The Kier molecular flexibility index (Phi) is 4.37. The lowest BCUT2D eigenvalue weighted by atomic mass is 10.1. The maximum atomic E-state index is 9.80. The van der Waals surface area contributed by atoms with Crippen LogP contribution < -0.4 is 0 Å². The zero-order valence-corrected chi connectivity index (χ0v) is 6.20. The Morgan fingerprint density at radius 3 is 2.80 bits per heavy atom. The quantitative estimate of drug-likeness (QED) is 0.488. The van der Waals surface area contributed by atoms with Gasteiger partial charge in [0.2, 0.25) is 0 Å². The van der Waals surface area contributed by atoms with E-state index in [0.717, 1.165) is 6.42 Å². The lowest BCUT2D eigenvalue weighted by Gasteiger charge is -1.97. The average molecular weight is 144 g/mol. The Morgan fingerprint density at radius 1 is 1.80 bits per heavy atom. The van der Waals surface area contributed by atoms with Crippen LogP contribution in [-0.4, -0.2) is 11.3 Å². The summed E-state index contributed by atoms with van der Waals surface area (Å²) in [4.78, 5) is 9.80. The van der Waals surface area contributed by atoms with Crippen LogP contribution in [0.4, 0.5) is 4.79 Å². The van der Waals surface area contributed by atoms with Crippen LogP contribution in [0.2, 0.25) is 0 Å². The molecule has 1 unspecified atom stereocenters. The van der Waals surface area contributed by atoms with E-state index in [1.54, 1.807) is 6.08 Å². The molecule has 0 aliphatic carbocycles. The SMILES string of the molecule is CCC(C)C=COC(=O)O. The van der Waals surface area contributed by atoms with Crippen molar-refractivity contribution in [3.8, 4) is 0 Å². The molecule has 58 valence electrons. The molecule has 0 aliphatic heterocycles. The van der Waals surface area contributed by atoms with Crippen LogP contribution >= 0.6 is 0 Å². The van der Waals surface area contributed by atoms with Gasteiger partial charge in [-0.1, -0.05) is 13.8 Å². The van der Waals surface area contributed by atoms with Crippen LogP contribution in [-0.2, 0) is 4.74 Å². The monoisotopic (exact) mass is 144 g/mol. The van der Waals surface area contributed by atoms with Crippen LogP contribution in [0.3, 0.4) is 0 Å². The highest BCUT2D eigenvalue weighted by Gasteiger charge is 1.92. The van der Waals surface area contributed by atoms with Crippen molar-refractivity contribution in [3.05, 3.63) is 12.3 Å². The van der Waals surface area contributed by atoms with E-state index in [0.29, 0.717) is 5.92 Å². The minimum atomic E-state index is -1.26. The van der Waals surface area contributed by atoms with E-state index >= 15 is 0 Å². The molecular formula is C7H12O3. The van der Waals surface area contributed by atoms with E-state index in [-0.39, 0.29) is 0 Å². The second-order valence-electron chi connectivity index (χ2n) is 2.10. The molecule has 1 atom stereocenters. The van der Waals surface area contributed by atoms with Gasteiger partial charge in [-0.25, -0.2) is 4.79 Å². The normalized spacial score (nSPS) is 13.4. The van der Waals surface area contributed by atoms with Crippen LogP contribution in [0, 0.1) is 5.92 Å². The summed E-state index contributed by atoms with van der Waals surface area (Å²) in [5.41, 5.74) is 0. The molecular weight excluding hydrogens is 132 g/mol. The maximum absolute atomic E-state index is 9.80. The van der Waals surface area contributed by atoms with Gasteiger partial charge in [0.25, 0.3) is 0 Å². The first-order valence-electron chi connectivity index (χ1n) is 3.23. The van der Waals surface area contributed by atoms with E-state index in [2.05, 4.69) is 4.74 Å². The molecule has 0 aliphatic rings. The number of rotatable bonds is 3.